The van der Waals surface area contributed by atoms with Crippen LogP contribution in [0.15, 0.2) is 18.2 Å². The summed E-state index contributed by atoms with van der Waals surface area (Å²) in [6.45, 7) is 4.46. The number of benzene rings is 1. The number of likely N-dealkylation sites (tertiary alicyclic amines) is 1. The van der Waals surface area contributed by atoms with Gasteiger partial charge in [0.25, 0.3) is 0 Å². The number of hydrogen-bond donors (Lipinski definition) is 2. The number of aliphatic hydroxyl groups is 1. The summed E-state index contributed by atoms with van der Waals surface area (Å²) in [5.41, 5.74) is 0.107. The Morgan fingerprint density at radius 1 is 1.38 bits per heavy atom. The zero-order valence-corrected chi connectivity index (χ0v) is 14.1. The maximum atomic E-state index is 13.7. The molecule has 1 atom stereocenters. The van der Waals surface area contributed by atoms with Gasteiger partial charge in [0.2, 0.25) is 5.91 Å². The normalized spacial score (nSPS) is 17.7. The predicted octanol–water partition coefficient (Wildman–Crippen LogP) is 2.63. The zero-order chi connectivity index (χ0) is 17.5. The molecule has 4 nitrogen and oxygen atoms in total. The molecular weight excluding hydrogens is 314 g/mol. The van der Waals surface area contributed by atoms with E-state index in [1.165, 1.54) is 6.07 Å². The zero-order valence-electron chi connectivity index (χ0n) is 14.1. The Morgan fingerprint density at radius 3 is 2.71 bits per heavy atom. The Hall–Kier alpha value is -1.53. The third-order valence-electron chi connectivity index (χ3n) is 4.54. The van der Waals surface area contributed by atoms with Crippen LogP contribution >= 0.6 is 0 Å². The van der Waals surface area contributed by atoms with Crippen molar-refractivity contribution in [3.8, 4) is 0 Å². The lowest BCUT2D eigenvalue weighted by Crippen LogP contribution is -2.42. The molecule has 0 radical (unpaired) electrons. The van der Waals surface area contributed by atoms with E-state index < -0.39 is 17.7 Å². The van der Waals surface area contributed by atoms with Gasteiger partial charge in [-0.1, -0.05) is 19.4 Å². The van der Waals surface area contributed by atoms with Gasteiger partial charge in [-0.2, -0.15) is 0 Å². The van der Waals surface area contributed by atoms with Gasteiger partial charge in [0.1, 0.15) is 11.6 Å². The van der Waals surface area contributed by atoms with Crippen LogP contribution in [0.2, 0.25) is 0 Å². The quantitative estimate of drug-likeness (QED) is 0.750. The van der Waals surface area contributed by atoms with Crippen molar-refractivity contribution in [1.29, 1.82) is 0 Å². The van der Waals surface area contributed by atoms with Crippen LogP contribution in [0, 0.1) is 17.6 Å². The first-order valence-electron chi connectivity index (χ1n) is 8.64. The molecule has 1 amide bonds. The highest BCUT2D eigenvalue weighted by molar-refractivity contribution is 5.78. The molecule has 0 aromatic heterocycles. The lowest BCUT2D eigenvalue weighted by Gasteiger charge is -2.32. The van der Waals surface area contributed by atoms with Gasteiger partial charge in [0, 0.05) is 30.6 Å². The maximum absolute atomic E-state index is 13.7. The molecule has 2 N–H and O–H groups in total. The Bertz CT molecular complexity index is 546. The van der Waals surface area contributed by atoms with Gasteiger partial charge in [-0.25, -0.2) is 8.78 Å². The lowest BCUT2D eigenvalue weighted by molar-refractivity contribution is -0.126. The minimum atomic E-state index is -1.000. The number of aliphatic hydroxyl groups excluding tert-OH is 1. The van der Waals surface area contributed by atoms with Crippen LogP contribution in [0.4, 0.5) is 8.78 Å². The van der Waals surface area contributed by atoms with E-state index in [9.17, 15) is 18.7 Å². The van der Waals surface area contributed by atoms with Gasteiger partial charge in [0.05, 0.1) is 6.10 Å². The summed E-state index contributed by atoms with van der Waals surface area (Å²) in [5.74, 6) is -1.27. The average Bonchev–Trinajstić information content (AvgIpc) is 2.55. The van der Waals surface area contributed by atoms with E-state index in [2.05, 4.69) is 12.2 Å². The number of rotatable bonds is 7. The van der Waals surface area contributed by atoms with Crippen LogP contribution in [0.1, 0.15) is 44.3 Å². The molecule has 1 aliphatic rings. The van der Waals surface area contributed by atoms with Crippen molar-refractivity contribution < 1.29 is 18.7 Å². The standard InChI is InChI=1S/C18H26F2N2O2/c1-2-3-8-21-18(24)13-6-9-22(10-7-13)12-17(23)15-5-4-14(19)11-16(15)20/h4-5,11,13,17,23H,2-3,6-10,12H2,1H3,(H,21,24). The molecule has 0 spiro atoms. The topological polar surface area (TPSA) is 52.6 Å². The number of piperidine rings is 1. The van der Waals surface area contributed by atoms with E-state index in [0.29, 0.717) is 13.1 Å². The molecule has 1 aromatic rings. The Labute approximate surface area is 141 Å². The van der Waals surface area contributed by atoms with Gasteiger partial charge in [0.15, 0.2) is 0 Å². The highest BCUT2D eigenvalue weighted by Crippen LogP contribution is 2.23. The highest BCUT2D eigenvalue weighted by Gasteiger charge is 2.26. The molecule has 134 valence electrons. The summed E-state index contributed by atoms with van der Waals surface area (Å²) in [6, 6.07) is 3.21. The van der Waals surface area contributed by atoms with E-state index in [1.54, 1.807) is 0 Å². The molecule has 1 heterocycles. The van der Waals surface area contributed by atoms with Gasteiger partial charge in [-0.15, -0.1) is 0 Å². The van der Waals surface area contributed by atoms with Crippen molar-refractivity contribution >= 4 is 5.91 Å². The summed E-state index contributed by atoms with van der Waals surface area (Å²) in [6.07, 6.45) is 2.50. The summed E-state index contributed by atoms with van der Waals surface area (Å²) in [5, 5.41) is 13.1. The number of nitrogens with one attached hydrogen (secondary N) is 1. The van der Waals surface area contributed by atoms with Gasteiger partial charge in [-0.05, 0) is 38.4 Å². The number of amides is 1. The SMILES string of the molecule is CCCCNC(=O)C1CCN(CC(O)c2ccc(F)cc2F)CC1. The van der Waals surface area contributed by atoms with E-state index in [1.807, 2.05) is 4.90 Å². The molecule has 1 aromatic carbocycles. The Balaban J connectivity index is 1.79. The summed E-state index contributed by atoms with van der Waals surface area (Å²) < 4.78 is 26.6. The predicted molar refractivity (Wildman–Crippen MR) is 88.4 cm³/mol. The number of hydrogen-bond acceptors (Lipinski definition) is 3. The van der Waals surface area contributed by atoms with E-state index >= 15 is 0 Å². The van der Waals surface area contributed by atoms with Crippen LogP contribution in [0.3, 0.4) is 0 Å². The minimum absolute atomic E-state index is 0.0119. The van der Waals surface area contributed by atoms with Crippen LogP contribution in [-0.2, 0) is 4.79 Å². The van der Waals surface area contributed by atoms with Gasteiger partial charge < -0.3 is 15.3 Å². The molecule has 1 fully saturated rings. The van der Waals surface area contributed by atoms with Crippen molar-refractivity contribution in [3.63, 3.8) is 0 Å². The molecular formula is C18H26F2N2O2. The van der Waals surface area contributed by atoms with Crippen molar-refractivity contribution in [1.82, 2.24) is 10.2 Å². The average molecular weight is 340 g/mol. The summed E-state index contributed by atoms with van der Waals surface area (Å²) in [4.78, 5) is 14.1. The molecule has 0 saturated carbocycles. The fourth-order valence-corrected chi connectivity index (χ4v) is 3.03. The fourth-order valence-electron chi connectivity index (χ4n) is 3.03. The molecule has 1 aliphatic heterocycles. The first-order chi connectivity index (χ1) is 11.5. The number of carbonyl (C=O) groups is 1. The Kier molecular flexibility index (Phi) is 7.12. The molecule has 2 rings (SSSR count). The monoisotopic (exact) mass is 340 g/mol. The largest absolute Gasteiger partial charge is 0.387 e. The second-order valence-electron chi connectivity index (χ2n) is 6.40. The van der Waals surface area contributed by atoms with Crippen LogP contribution < -0.4 is 5.32 Å². The Morgan fingerprint density at radius 2 is 2.08 bits per heavy atom. The van der Waals surface area contributed by atoms with Crippen molar-refractivity contribution in [3.05, 3.63) is 35.4 Å². The fraction of sp³-hybridized carbons (Fsp3) is 0.611. The minimum Gasteiger partial charge on any atom is -0.387 e. The molecule has 0 bridgehead atoms. The molecule has 1 unspecified atom stereocenters. The molecule has 24 heavy (non-hydrogen) atoms. The van der Waals surface area contributed by atoms with Gasteiger partial charge >= 0.3 is 0 Å². The van der Waals surface area contributed by atoms with Crippen molar-refractivity contribution in [2.45, 2.75) is 38.7 Å². The lowest BCUT2D eigenvalue weighted by atomic mass is 9.95. The number of β-amino-alcohol motifs (C(OH)–C–C–N with tert-alkyl or cyclic N) is 1. The summed E-state index contributed by atoms with van der Waals surface area (Å²) >= 11 is 0. The van der Waals surface area contributed by atoms with Gasteiger partial charge in [-0.3, -0.25) is 4.79 Å². The smallest absolute Gasteiger partial charge is 0.223 e. The maximum Gasteiger partial charge on any atom is 0.223 e. The van der Waals surface area contributed by atoms with E-state index in [-0.39, 0.29) is 23.9 Å². The first-order valence-corrected chi connectivity index (χ1v) is 8.64. The third-order valence-corrected chi connectivity index (χ3v) is 4.54. The van der Waals surface area contributed by atoms with Crippen molar-refractivity contribution in [2.24, 2.45) is 5.92 Å². The third kappa shape index (κ3) is 5.24. The summed E-state index contributed by atoms with van der Waals surface area (Å²) in [7, 11) is 0. The van der Waals surface area contributed by atoms with E-state index in [0.717, 1.165) is 44.4 Å². The van der Waals surface area contributed by atoms with Crippen LogP contribution in [0.25, 0.3) is 0 Å². The molecule has 6 heteroatoms. The highest BCUT2D eigenvalue weighted by atomic mass is 19.1. The first kappa shape index (κ1) is 18.8. The second kappa shape index (κ2) is 9.08. The number of carbonyl (C=O) groups excluding carboxylic acids is 1. The number of halogens is 2. The molecule has 0 aliphatic carbocycles. The second-order valence-corrected chi connectivity index (χ2v) is 6.40. The van der Waals surface area contributed by atoms with Crippen LogP contribution in [-0.4, -0.2) is 42.1 Å². The molecule has 1 saturated heterocycles. The number of unbranched alkanes of at least 4 members (excludes halogenated alkanes) is 1. The van der Waals surface area contributed by atoms with Crippen molar-refractivity contribution in [2.75, 3.05) is 26.2 Å². The van der Waals surface area contributed by atoms with E-state index in [4.69, 9.17) is 0 Å². The van der Waals surface area contributed by atoms with Crippen LogP contribution in [0.5, 0.6) is 0 Å². The number of nitrogens with zero attached hydrogens (tertiary/aromatic N) is 1.